The highest BCUT2D eigenvalue weighted by Gasteiger charge is 2.31. The van der Waals surface area contributed by atoms with Gasteiger partial charge in [0.05, 0.1) is 28.7 Å². The van der Waals surface area contributed by atoms with Crippen molar-refractivity contribution in [1.82, 2.24) is 4.90 Å². The molecule has 0 bridgehead atoms. The fourth-order valence-corrected chi connectivity index (χ4v) is 5.47. The van der Waals surface area contributed by atoms with Crippen LogP contribution in [0.3, 0.4) is 0 Å². The number of hydrogen-bond acceptors (Lipinski definition) is 5. The van der Waals surface area contributed by atoms with E-state index >= 15 is 0 Å². The number of hydrogen-bond donors (Lipinski definition) is 0. The molecule has 0 aliphatic carbocycles. The molecular formula is C20H19F3N2O2S2. The second-order valence-electron chi connectivity index (χ2n) is 7.00. The maximum atomic E-state index is 13.1. The Labute approximate surface area is 172 Å². The van der Waals surface area contributed by atoms with Crippen molar-refractivity contribution in [2.45, 2.75) is 29.4 Å². The van der Waals surface area contributed by atoms with Crippen LogP contribution in [-0.2, 0) is 22.6 Å². The van der Waals surface area contributed by atoms with E-state index in [1.807, 2.05) is 4.90 Å². The summed E-state index contributed by atoms with van der Waals surface area (Å²) in [7, 11) is -3.01. The van der Waals surface area contributed by atoms with Crippen LogP contribution in [0.25, 0.3) is 0 Å². The number of sulfone groups is 1. The van der Waals surface area contributed by atoms with E-state index in [-0.39, 0.29) is 11.5 Å². The van der Waals surface area contributed by atoms with Crippen LogP contribution in [0, 0.1) is 18.3 Å². The molecule has 9 heteroatoms. The molecule has 0 aromatic heterocycles. The highest BCUT2D eigenvalue weighted by atomic mass is 32.2. The Hall–Kier alpha value is -2.02. The Morgan fingerprint density at radius 1 is 1.14 bits per heavy atom. The molecule has 3 rings (SSSR count). The Morgan fingerprint density at radius 3 is 2.45 bits per heavy atom. The lowest BCUT2D eigenvalue weighted by Gasteiger charge is -2.27. The van der Waals surface area contributed by atoms with Gasteiger partial charge in [0.1, 0.15) is 0 Å². The van der Waals surface area contributed by atoms with Gasteiger partial charge in [0.25, 0.3) is 0 Å². The monoisotopic (exact) mass is 440 g/mol. The lowest BCUT2D eigenvalue weighted by atomic mass is 10.1. The summed E-state index contributed by atoms with van der Waals surface area (Å²) in [5.74, 6) is 0.167. The van der Waals surface area contributed by atoms with Crippen molar-refractivity contribution in [3.63, 3.8) is 0 Å². The van der Waals surface area contributed by atoms with Crippen LogP contribution in [0.15, 0.2) is 46.2 Å². The van der Waals surface area contributed by atoms with Gasteiger partial charge in [-0.3, -0.25) is 4.90 Å². The molecule has 1 saturated heterocycles. The van der Waals surface area contributed by atoms with Crippen LogP contribution < -0.4 is 0 Å². The molecule has 0 atom stereocenters. The van der Waals surface area contributed by atoms with Crippen LogP contribution in [0.1, 0.15) is 22.3 Å². The predicted octanol–water partition coefficient (Wildman–Crippen LogP) is 4.27. The van der Waals surface area contributed by atoms with Gasteiger partial charge in [-0.15, -0.1) is 0 Å². The second-order valence-corrected chi connectivity index (χ2v) is 10.4. The van der Waals surface area contributed by atoms with Gasteiger partial charge < -0.3 is 0 Å². The quantitative estimate of drug-likeness (QED) is 0.711. The summed E-state index contributed by atoms with van der Waals surface area (Å²) in [4.78, 5) is 3.19. The molecule has 0 saturated carbocycles. The van der Waals surface area contributed by atoms with Crippen molar-refractivity contribution < 1.29 is 21.6 Å². The highest BCUT2D eigenvalue weighted by molar-refractivity contribution is 7.99. The molecule has 2 aromatic carbocycles. The van der Waals surface area contributed by atoms with Gasteiger partial charge in [0, 0.05) is 29.4 Å². The summed E-state index contributed by atoms with van der Waals surface area (Å²) in [6, 6.07) is 11.1. The average Bonchev–Trinajstić information content (AvgIpc) is 2.63. The van der Waals surface area contributed by atoms with E-state index in [4.69, 9.17) is 0 Å². The normalized spacial score (nSPS) is 17.1. The molecule has 1 fully saturated rings. The van der Waals surface area contributed by atoms with Gasteiger partial charge in [-0.2, -0.15) is 18.4 Å². The minimum absolute atomic E-state index is 0.0836. The molecular weight excluding hydrogens is 421 g/mol. The zero-order valence-electron chi connectivity index (χ0n) is 15.7. The van der Waals surface area contributed by atoms with Gasteiger partial charge in [0.15, 0.2) is 9.84 Å². The van der Waals surface area contributed by atoms with E-state index < -0.39 is 21.6 Å². The molecule has 0 amide bonds. The van der Waals surface area contributed by atoms with Gasteiger partial charge in [-0.05, 0) is 54.4 Å². The summed E-state index contributed by atoms with van der Waals surface area (Å²) < 4.78 is 62.7. The lowest BCUT2D eigenvalue weighted by molar-refractivity contribution is -0.137. The van der Waals surface area contributed by atoms with E-state index in [1.165, 1.54) is 11.8 Å². The van der Waals surface area contributed by atoms with Crippen molar-refractivity contribution in [2.75, 3.05) is 24.6 Å². The first-order valence-corrected chi connectivity index (χ1v) is 11.5. The summed E-state index contributed by atoms with van der Waals surface area (Å²) in [6.07, 6.45) is -4.42. The average molecular weight is 441 g/mol. The van der Waals surface area contributed by atoms with Crippen LogP contribution in [0.5, 0.6) is 0 Å². The molecule has 0 N–H and O–H groups in total. The summed E-state index contributed by atoms with van der Waals surface area (Å²) in [5, 5.41) is 9.20. The third-order valence-corrected chi connectivity index (χ3v) is 7.33. The molecule has 1 aliphatic heterocycles. The Morgan fingerprint density at radius 2 is 1.83 bits per heavy atom. The number of nitrogens with zero attached hydrogens (tertiary/aromatic N) is 2. The predicted molar refractivity (Wildman–Crippen MR) is 105 cm³/mol. The first kappa shape index (κ1) is 21.7. The molecule has 29 heavy (non-hydrogen) atoms. The van der Waals surface area contributed by atoms with E-state index in [0.29, 0.717) is 35.7 Å². The van der Waals surface area contributed by atoms with Gasteiger partial charge >= 0.3 is 6.18 Å². The third kappa shape index (κ3) is 5.75. The van der Waals surface area contributed by atoms with Crippen LogP contribution >= 0.6 is 11.8 Å². The third-order valence-electron chi connectivity index (χ3n) is 4.63. The largest absolute Gasteiger partial charge is 0.416 e. The van der Waals surface area contributed by atoms with E-state index in [0.717, 1.165) is 22.6 Å². The topological polar surface area (TPSA) is 61.2 Å². The summed E-state index contributed by atoms with van der Waals surface area (Å²) in [6.45, 7) is 2.84. The Balaban J connectivity index is 1.88. The van der Waals surface area contributed by atoms with Crippen molar-refractivity contribution in [3.8, 4) is 6.07 Å². The first-order chi connectivity index (χ1) is 13.6. The van der Waals surface area contributed by atoms with Crippen molar-refractivity contribution in [1.29, 1.82) is 5.26 Å². The molecule has 2 aromatic rings. The number of nitriles is 1. The molecule has 1 heterocycles. The smallest absolute Gasteiger partial charge is 0.297 e. The highest BCUT2D eigenvalue weighted by Crippen LogP contribution is 2.37. The molecule has 0 spiro atoms. The van der Waals surface area contributed by atoms with E-state index in [9.17, 15) is 26.9 Å². The van der Waals surface area contributed by atoms with Crippen molar-refractivity contribution >= 4 is 21.6 Å². The molecule has 4 nitrogen and oxygen atoms in total. The van der Waals surface area contributed by atoms with Crippen molar-refractivity contribution in [3.05, 3.63) is 58.7 Å². The summed E-state index contributed by atoms with van der Waals surface area (Å²) in [5.41, 5.74) is 1.06. The maximum Gasteiger partial charge on any atom is 0.416 e. The Kier molecular flexibility index (Phi) is 6.27. The number of rotatable bonds is 4. The van der Waals surface area contributed by atoms with Crippen LogP contribution in [-0.4, -0.2) is 37.9 Å². The van der Waals surface area contributed by atoms with Gasteiger partial charge in [-0.1, -0.05) is 11.8 Å². The number of halogens is 3. The maximum absolute atomic E-state index is 13.1. The molecule has 1 aliphatic rings. The SMILES string of the molecule is Cc1cc(Sc2ccc(C#N)cc2CN2CCS(=O)(=O)CC2)cc(C(F)(F)F)c1. The van der Waals surface area contributed by atoms with Crippen LogP contribution in [0.4, 0.5) is 13.2 Å². The second kappa shape index (κ2) is 8.38. The van der Waals surface area contributed by atoms with Crippen molar-refractivity contribution in [2.24, 2.45) is 0 Å². The minimum Gasteiger partial charge on any atom is -0.297 e. The molecule has 0 unspecified atom stereocenters. The lowest BCUT2D eigenvalue weighted by Crippen LogP contribution is -2.39. The minimum atomic E-state index is -4.42. The molecule has 0 radical (unpaired) electrons. The first-order valence-electron chi connectivity index (χ1n) is 8.88. The zero-order valence-corrected chi connectivity index (χ0v) is 17.3. The van der Waals surface area contributed by atoms with E-state index in [1.54, 1.807) is 31.2 Å². The van der Waals surface area contributed by atoms with Gasteiger partial charge in [-0.25, -0.2) is 8.42 Å². The molecule has 154 valence electrons. The van der Waals surface area contributed by atoms with E-state index in [2.05, 4.69) is 6.07 Å². The Bertz CT molecular complexity index is 1050. The van der Waals surface area contributed by atoms with Gasteiger partial charge in [0.2, 0.25) is 0 Å². The van der Waals surface area contributed by atoms with Crippen LogP contribution in [0.2, 0.25) is 0 Å². The summed E-state index contributed by atoms with van der Waals surface area (Å²) >= 11 is 1.21. The fourth-order valence-electron chi connectivity index (χ4n) is 3.12. The standard InChI is InChI=1S/C20H19F3N2O2S2/c1-14-8-17(20(21,22)23)11-18(9-14)28-19-3-2-15(12-24)10-16(19)13-25-4-6-29(26,27)7-5-25/h2-3,8-11H,4-7,13H2,1H3. The number of aryl methyl sites for hydroxylation is 1. The number of benzene rings is 2. The number of alkyl halides is 3. The zero-order chi connectivity index (χ0) is 21.2. The fraction of sp³-hybridized carbons (Fsp3) is 0.350.